The van der Waals surface area contributed by atoms with Crippen LogP contribution in [0.1, 0.15) is 309 Å². The van der Waals surface area contributed by atoms with Gasteiger partial charge in [0.1, 0.15) is 6.61 Å². The highest BCUT2D eigenvalue weighted by Gasteiger charge is 2.16. The van der Waals surface area contributed by atoms with Gasteiger partial charge in [-0.1, -0.05) is 284 Å². The van der Waals surface area contributed by atoms with E-state index in [9.17, 15) is 14.7 Å². The van der Waals surface area contributed by atoms with E-state index in [1.807, 2.05) is 0 Å². The lowest BCUT2D eigenvalue weighted by molar-refractivity contribution is -0.161. The first-order valence-corrected chi connectivity index (χ1v) is 26.6. The average Bonchev–Trinajstić information content (AvgIpc) is 3.23. The topological polar surface area (TPSA) is 72.8 Å². The summed E-state index contributed by atoms with van der Waals surface area (Å²) in [5.74, 6) is -0.568. The Morgan fingerprint density at radius 1 is 0.328 bits per heavy atom. The summed E-state index contributed by atoms with van der Waals surface area (Å²) in [7, 11) is 0. The highest BCUT2D eigenvalue weighted by Crippen LogP contribution is 2.18. The van der Waals surface area contributed by atoms with Crippen LogP contribution in [0.3, 0.4) is 0 Å². The van der Waals surface area contributed by atoms with E-state index in [1.54, 1.807) is 0 Å². The Bertz CT molecular complexity index is 799. The largest absolute Gasteiger partial charge is 0.462 e. The van der Waals surface area contributed by atoms with Crippen molar-refractivity contribution in [2.45, 2.75) is 315 Å². The number of rotatable bonds is 50. The minimum Gasteiger partial charge on any atom is -0.462 e. The highest BCUT2D eigenvalue weighted by atomic mass is 16.6. The van der Waals surface area contributed by atoms with Crippen molar-refractivity contribution in [1.82, 2.24) is 0 Å². The summed E-state index contributed by atoms with van der Waals surface area (Å²) in [6, 6.07) is 0. The summed E-state index contributed by atoms with van der Waals surface area (Å²) >= 11 is 0. The zero-order valence-corrected chi connectivity index (χ0v) is 39.6. The van der Waals surface area contributed by atoms with Gasteiger partial charge < -0.3 is 14.6 Å². The molecule has 58 heavy (non-hydrogen) atoms. The number of carbonyl (C=O) groups excluding carboxylic acids is 2. The third kappa shape index (κ3) is 47.6. The Hall–Kier alpha value is -1.10. The third-order valence-electron chi connectivity index (χ3n) is 12.4. The zero-order valence-electron chi connectivity index (χ0n) is 39.6. The minimum absolute atomic E-state index is 0.0563. The molecule has 1 atom stereocenters. The smallest absolute Gasteiger partial charge is 0.306 e. The molecule has 0 heterocycles. The maximum atomic E-state index is 12.3. The maximum absolute atomic E-state index is 12.3. The predicted molar refractivity (Wildman–Crippen MR) is 252 cm³/mol. The van der Waals surface area contributed by atoms with Crippen LogP contribution in [0.4, 0.5) is 0 Å². The van der Waals surface area contributed by atoms with Gasteiger partial charge >= 0.3 is 11.9 Å². The van der Waals surface area contributed by atoms with E-state index >= 15 is 0 Å². The lowest BCUT2D eigenvalue weighted by Crippen LogP contribution is -2.28. The molecule has 0 amide bonds. The monoisotopic (exact) mass is 821 g/mol. The first-order valence-electron chi connectivity index (χ1n) is 26.6. The number of ether oxygens (including phenoxy) is 2. The quantitative estimate of drug-likeness (QED) is 0.0489. The van der Waals surface area contributed by atoms with Crippen LogP contribution in [-0.2, 0) is 19.1 Å². The molecule has 5 heteroatoms. The van der Waals surface area contributed by atoms with Crippen LogP contribution < -0.4 is 0 Å². The normalized spacial score (nSPS) is 12.0. The predicted octanol–water partition coefficient (Wildman–Crippen LogP) is 17.4. The van der Waals surface area contributed by atoms with Gasteiger partial charge in [0, 0.05) is 12.8 Å². The minimum atomic E-state index is -0.763. The fourth-order valence-electron chi connectivity index (χ4n) is 8.38. The van der Waals surface area contributed by atoms with Crippen molar-refractivity contribution >= 4 is 11.9 Å². The van der Waals surface area contributed by atoms with Gasteiger partial charge in [-0.25, -0.2) is 0 Å². The SMILES string of the molecule is CCCCCCCCCCCCCCCCCCCCCCCCCCCCCCCCC(=O)OC(CO)COC(=O)CCCCCCCCCCCCCCCC. The van der Waals surface area contributed by atoms with Crippen LogP contribution in [0.5, 0.6) is 0 Å². The molecule has 5 nitrogen and oxygen atoms in total. The second-order valence-corrected chi connectivity index (χ2v) is 18.3. The molecule has 0 fully saturated rings. The molecule has 0 aromatic carbocycles. The molecule has 1 N–H and O–H groups in total. The Morgan fingerprint density at radius 2 is 0.534 bits per heavy atom. The van der Waals surface area contributed by atoms with E-state index < -0.39 is 6.10 Å². The Balaban J connectivity index is 3.37. The molecule has 1 unspecified atom stereocenters. The van der Waals surface area contributed by atoms with Crippen LogP contribution in [-0.4, -0.2) is 36.4 Å². The van der Waals surface area contributed by atoms with Gasteiger partial charge in [0.25, 0.3) is 0 Å². The molecule has 346 valence electrons. The molecule has 0 aliphatic rings. The van der Waals surface area contributed by atoms with E-state index in [1.165, 1.54) is 250 Å². The van der Waals surface area contributed by atoms with E-state index in [-0.39, 0.29) is 25.2 Å². The van der Waals surface area contributed by atoms with Gasteiger partial charge in [-0.15, -0.1) is 0 Å². The molecule has 0 rings (SSSR count). The number of esters is 2. The summed E-state index contributed by atoms with van der Waals surface area (Å²) < 4.78 is 10.7. The number of carbonyl (C=O) groups is 2. The number of aliphatic hydroxyl groups is 1. The van der Waals surface area contributed by atoms with Crippen molar-refractivity contribution < 1.29 is 24.2 Å². The number of unbranched alkanes of at least 4 members (excludes halogenated alkanes) is 42. The Kier molecular flexibility index (Phi) is 49.3. The number of hydrogen-bond donors (Lipinski definition) is 1. The lowest BCUT2D eigenvalue weighted by Gasteiger charge is -2.15. The van der Waals surface area contributed by atoms with E-state index in [2.05, 4.69) is 13.8 Å². The molecule has 0 bridgehead atoms. The van der Waals surface area contributed by atoms with Crippen LogP contribution >= 0.6 is 0 Å². The fraction of sp³-hybridized carbons (Fsp3) is 0.962. The molecule has 0 aliphatic heterocycles. The lowest BCUT2D eigenvalue weighted by atomic mass is 10.0. The van der Waals surface area contributed by atoms with Crippen LogP contribution in [0.25, 0.3) is 0 Å². The zero-order chi connectivity index (χ0) is 42.1. The summed E-state index contributed by atoms with van der Waals surface area (Å²) in [6.07, 6.45) is 59.4. The van der Waals surface area contributed by atoms with Crippen LogP contribution in [0.2, 0.25) is 0 Å². The summed E-state index contributed by atoms with van der Waals surface area (Å²) in [6.45, 7) is 4.19. The van der Waals surface area contributed by atoms with Crippen molar-refractivity contribution in [1.29, 1.82) is 0 Å². The van der Waals surface area contributed by atoms with Gasteiger partial charge in [-0.2, -0.15) is 0 Å². The third-order valence-corrected chi connectivity index (χ3v) is 12.4. The van der Waals surface area contributed by atoms with Crippen molar-refractivity contribution in [3.63, 3.8) is 0 Å². The summed E-state index contributed by atoms with van der Waals surface area (Å²) in [5, 5.41) is 9.61. The van der Waals surface area contributed by atoms with Crippen molar-refractivity contribution in [3.05, 3.63) is 0 Å². The van der Waals surface area contributed by atoms with Gasteiger partial charge in [0.2, 0.25) is 0 Å². The van der Waals surface area contributed by atoms with Gasteiger partial charge in [0.05, 0.1) is 6.61 Å². The number of hydrogen-bond acceptors (Lipinski definition) is 5. The van der Waals surface area contributed by atoms with Crippen molar-refractivity contribution in [2.75, 3.05) is 13.2 Å². The highest BCUT2D eigenvalue weighted by molar-refractivity contribution is 5.70. The number of aliphatic hydroxyl groups excluding tert-OH is 1. The van der Waals surface area contributed by atoms with Crippen LogP contribution in [0, 0.1) is 0 Å². The van der Waals surface area contributed by atoms with Crippen molar-refractivity contribution in [3.8, 4) is 0 Å². The molecule has 0 aliphatic carbocycles. The Morgan fingerprint density at radius 3 is 0.759 bits per heavy atom. The molecule has 0 aromatic heterocycles. The second kappa shape index (κ2) is 50.3. The van der Waals surface area contributed by atoms with Gasteiger partial charge in [0.15, 0.2) is 6.10 Å². The van der Waals surface area contributed by atoms with E-state index in [0.717, 1.165) is 32.1 Å². The van der Waals surface area contributed by atoms with Gasteiger partial charge in [-0.05, 0) is 12.8 Å². The Labute approximate surface area is 363 Å². The maximum Gasteiger partial charge on any atom is 0.306 e. The summed E-state index contributed by atoms with van der Waals surface area (Å²) in [5.41, 5.74) is 0. The molecule has 0 aromatic rings. The van der Waals surface area contributed by atoms with Crippen LogP contribution in [0.15, 0.2) is 0 Å². The molecule has 0 radical (unpaired) electrons. The fourth-order valence-corrected chi connectivity index (χ4v) is 8.38. The molecule has 0 spiro atoms. The summed E-state index contributed by atoms with van der Waals surface area (Å²) in [4.78, 5) is 24.4. The molecular weight excluding hydrogens is 717 g/mol. The second-order valence-electron chi connectivity index (χ2n) is 18.3. The molecule has 0 saturated carbocycles. The van der Waals surface area contributed by atoms with E-state index in [4.69, 9.17) is 9.47 Å². The average molecular weight is 821 g/mol. The van der Waals surface area contributed by atoms with Crippen molar-refractivity contribution in [2.24, 2.45) is 0 Å². The standard InChI is InChI=1S/C53H104O5/c1-3-5-7-9-11-13-15-17-19-20-21-22-23-24-25-26-27-28-29-30-31-32-33-34-36-38-40-42-44-46-48-53(56)58-51(49-54)50-57-52(55)47-45-43-41-39-37-35-18-16-14-12-10-8-6-4-2/h51,54H,3-50H2,1-2H3. The van der Waals surface area contributed by atoms with Gasteiger partial charge in [-0.3, -0.25) is 9.59 Å². The van der Waals surface area contributed by atoms with E-state index in [0.29, 0.717) is 12.8 Å². The first kappa shape index (κ1) is 56.9. The molecular formula is C53H104O5. The first-order chi connectivity index (χ1) is 28.6. The molecule has 0 saturated heterocycles.